The van der Waals surface area contributed by atoms with E-state index in [-0.39, 0.29) is 4.62 Å². The number of halogens is 1. The lowest BCUT2D eigenvalue weighted by Crippen LogP contribution is -1.85. The largest absolute Gasteiger partial charge is 0.514 e. The minimum atomic E-state index is 0.169. The molecule has 0 unspecified atom stereocenters. The number of allylic oxidation sites excluding steroid dienone is 2. The molecule has 0 aliphatic rings. The maximum atomic E-state index is 8.55. The Kier molecular flexibility index (Phi) is 4.47. The number of rotatable bonds is 3. The summed E-state index contributed by atoms with van der Waals surface area (Å²) in [5, 5.41) is 15.6. The van der Waals surface area contributed by atoms with Crippen LogP contribution in [0.1, 0.15) is 6.92 Å². The Labute approximate surface area is 72.7 Å². The first kappa shape index (κ1) is 9.78. The van der Waals surface area contributed by atoms with Crippen LogP contribution in [0.25, 0.3) is 0 Å². The molecule has 0 atom stereocenters. The van der Waals surface area contributed by atoms with Crippen molar-refractivity contribution < 1.29 is 5.11 Å². The van der Waals surface area contributed by atoms with Crippen molar-refractivity contribution >= 4 is 32.3 Å². The summed E-state index contributed by atoms with van der Waals surface area (Å²) in [6, 6.07) is 0. The molecule has 10 heavy (non-hydrogen) atoms. The van der Waals surface area contributed by atoms with E-state index in [1.54, 1.807) is 0 Å². The number of hydrogen-bond acceptors (Lipinski definition) is 3. The van der Waals surface area contributed by atoms with E-state index < -0.39 is 0 Å². The van der Waals surface area contributed by atoms with E-state index in [0.717, 1.165) is 11.2 Å². The predicted molar refractivity (Wildman–Crippen MR) is 49.8 cm³/mol. The highest BCUT2D eigenvalue weighted by Crippen LogP contribution is 2.25. The fourth-order valence-corrected chi connectivity index (χ4v) is 1.18. The zero-order chi connectivity index (χ0) is 8.15. The van der Waals surface area contributed by atoms with Gasteiger partial charge in [-0.1, -0.05) is 18.3 Å². The molecule has 0 heterocycles. The van der Waals surface area contributed by atoms with Gasteiger partial charge in [-0.25, -0.2) is 0 Å². The van der Waals surface area contributed by atoms with Crippen LogP contribution >= 0.6 is 27.7 Å². The molecule has 0 spiro atoms. The fourth-order valence-electron chi connectivity index (χ4n) is 0.316. The van der Waals surface area contributed by atoms with Crippen LogP contribution in [0.15, 0.2) is 22.7 Å². The van der Waals surface area contributed by atoms with Gasteiger partial charge in [0.15, 0.2) is 0 Å². The van der Waals surface area contributed by atoms with Crippen LogP contribution in [0.4, 0.5) is 0 Å². The van der Waals surface area contributed by atoms with E-state index >= 15 is 0 Å². The SMILES string of the molecule is C=C(C)SC(=CO)C(=N)Br. The third-order valence-corrected chi connectivity index (χ3v) is 2.19. The van der Waals surface area contributed by atoms with Crippen molar-refractivity contribution in [2.75, 3.05) is 0 Å². The first-order valence-electron chi connectivity index (χ1n) is 2.50. The molecule has 0 saturated heterocycles. The van der Waals surface area contributed by atoms with Crippen LogP contribution in [0, 0.1) is 5.41 Å². The average molecular weight is 222 g/mol. The zero-order valence-corrected chi connectivity index (χ0v) is 7.92. The van der Waals surface area contributed by atoms with E-state index in [1.165, 1.54) is 11.8 Å². The lowest BCUT2D eigenvalue weighted by molar-refractivity contribution is 0.473. The Bertz CT molecular complexity index is 188. The maximum absolute atomic E-state index is 8.55. The molecule has 0 rings (SSSR count). The molecule has 0 aromatic heterocycles. The van der Waals surface area contributed by atoms with Gasteiger partial charge in [0.05, 0.1) is 11.2 Å². The van der Waals surface area contributed by atoms with Crippen LogP contribution in [0.3, 0.4) is 0 Å². The lowest BCUT2D eigenvalue weighted by Gasteiger charge is -1.99. The summed E-state index contributed by atoms with van der Waals surface area (Å²) in [5.74, 6) is 0. The third-order valence-electron chi connectivity index (χ3n) is 0.618. The molecular formula is C6H8BrNOS. The molecule has 0 saturated carbocycles. The number of hydrogen-bond donors (Lipinski definition) is 2. The second-order valence-electron chi connectivity index (χ2n) is 1.61. The molecule has 0 amide bonds. The molecule has 0 bridgehead atoms. The highest BCUT2D eigenvalue weighted by molar-refractivity contribution is 9.18. The van der Waals surface area contributed by atoms with Crippen molar-refractivity contribution in [1.29, 1.82) is 5.41 Å². The molecule has 0 aliphatic carbocycles. The van der Waals surface area contributed by atoms with Crippen LogP contribution in [0.5, 0.6) is 0 Å². The van der Waals surface area contributed by atoms with Gasteiger partial charge in [0.1, 0.15) is 4.62 Å². The summed E-state index contributed by atoms with van der Waals surface area (Å²) in [7, 11) is 0. The molecule has 0 aromatic rings. The monoisotopic (exact) mass is 221 g/mol. The number of aliphatic hydroxyl groups excluding tert-OH is 1. The minimum Gasteiger partial charge on any atom is -0.514 e. The van der Waals surface area contributed by atoms with Gasteiger partial charge in [0, 0.05) is 0 Å². The summed E-state index contributed by atoms with van der Waals surface area (Å²) in [5.41, 5.74) is 0. The molecule has 0 aliphatic heterocycles. The molecule has 2 N–H and O–H groups in total. The highest BCUT2D eigenvalue weighted by Gasteiger charge is 2.01. The predicted octanol–water partition coefficient (Wildman–Crippen LogP) is 3.02. The topological polar surface area (TPSA) is 44.1 Å². The van der Waals surface area contributed by atoms with E-state index in [4.69, 9.17) is 10.5 Å². The first-order valence-corrected chi connectivity index (χ1v) is 4.11. The number of aliphatic hydroxyl groups is 1. The second kappa shape index (κ2) is 4.57. The molecule has 0 fully saturated rings. The van der Waals surface area contributed by atoms with Crippen LogP contribution < -0.4 is 0 Å². The standard InChI is InChI=1S/C6H8BrNOS/c1-4(2)10-5(3-9)6(7)8/h3,8-9H,1H2,2H3. The van der Waals surface area contributed by atoms with E-state index in [0.29, 0.717) is 4.91 Å². The molecular weight excluding hydrogens is 214 g/mol. The average Bonchev–Trinajstić information content (AvgIpc) is 1.81. The normalized spacial score (nSPS) is 11.2. The van der Waals surface area contributed by atoms with Crippen molar-refractivity contribution in [2.45, 2.75) is 6.92 Å². The summed E-state index contributed by atoms with van der Waals surface area (Å²) in [6.45, 7) is 5.43. The Balaban J connectivity index is 4.12. The van der Waals surface area contributed by atoms with Gasteiger partial charge in [-0.15, -0.1) is 0 Å². The van der Waals surface area contributed by atoms with Crippen molar-refractivity contribution in [3.63, 3.8) is 0 Å². The van der Waals surface area contributed by atoms with Crippen LogP contribution in [-0.2, 0) is 0 Å². The van der Waals surface area contributed by atoms with Gasteiger partial charge in [0.2, 0.25) is 0 Å². The van der Waals surface area contributed by atoms with Gasteiger partial charge >= 0.3 is 0 Å². The Hall–Kier alpha value is -0.220. The van der Waals surface area contributed by atoms with Crippen molar-refractivity contribution in [3.8, 4) is 0 Å². The second-order valence-corrected chi connectivity index (χ2v) is 3.75. The number of nitrogens with one attached hydrogen (secondary N) is 1. The van der Waals surface area contributed by atoms with Crippen molar-refractivity contribution in [2.24, 2.45) is 0 Å². The molecule has 0 radical (unpaired) electrons. The van der Waals surface area contributed by atoms with E-state index in [9.17, 15) is 0 Å². The van der Waals surface area contributed by atoms with Gasteiger partial charge in [-0.3, -0.25) is 5.41 Å². The Morgan fingerprint density at radius 2 is 2.30 bits per heavy atom. The van der Waals surface area contributed by atoms with Gasteiger partial charge in [-0.2, -0.15) is 0 Å². The van der Waals surface area contributed by atoms with Crippen molar-refractivity contribution in [1.82, 2.24) is 0 Å². The zero-order valence-electron chi connectivity index (χ0n) is 5.52. The first-order chi connectivity index (χ1) is 4.57. The maximum Gasteiger partial charge on any atom is 0.114 e. The quantitative estimate of drug-likeness (QED) is 0.569. The Morgan fingerprint density at radius 1 is 1.80 bits per heavy atom. The third kappa shape index (κ3) is 3.74. The van der Waals surface area contributed by atoms with Crippen LogP contribution in [-0.4, -0.2) is 9.73 Å². The number of thioether (sulfide) groups is 1. The summed E-state index contributed by atoms with van der Waals surface area (Å²) in [4.78, 5) is 1.30. The summed E-state index contributed by atoms with van der Waals surface area (Å²) < 4.78 is 0.169. The van der Waals surface area contributed by atoms with E-state index in [2.05, 4.69) is 22.5 Å². The highest BCUT2D eigenvalue weighted by atomic mass is 79.9. The molecule has 0 aromatic carbocycles. The lowest BCUT2D eigenvalue weighted by atomic mass is 10.7. The van der Waals surface area contributed by atoms with Gasteiger partial charge in [0.25, 0.3) is 0 Å². The summed E-state index contributed by atoms with van der Waals surface area (Å²) >= 11 is 4.18. The molecule has 2 nitrogen and oxygen atoms in total. The minimum absolute atomic E-state index is 0.169. The van der Waals surface area contributed by atoms with Gasteiger partial charge in [-0.05, 0) is 27.8 Å². The molecule has 56 valence electrons. The summed E-state index contributed by atoms with van der Waals surface area (Å²) in [6.07, 6.45) is 0.885. The van der Waals surface area contributed by atoms with Crippen molar-refractivity contribution in [3.05, 3.63) is 22.7 Å². The van der Waals surface area contributed by atoms with Gasteiger partial charge < -0.3 is 5.11 Å². The molecule has 4 heteroatoms. The smallest absolute Gasteiger partial charge is 0.114 e. The van der Waals surface area contributed by atoms with E-state index in [1.807, 2.05) is 6.92 Å². The Morgan fingerprint density at radius 3 is 2.40 bits per heavy atom. The fraction of sp³-hybridized carbons (Fsp3) is 0.167. The van der Waals surface area contributed by atoms with Crippen LogP contribution in [0.2, 0.25) is 0 Å².